The molecule has 1 saturated heterocycles. The number of rotatable bonds is 7. The second-order valence-electron chi connectivity index (χ2n) is 8.32. The number of piperazine rings is 1. The summed E-state index contributed by atoms with van der Waals surface area (Å²) in [6, 6.07) is 15.9. The fourth-order valence-corrected chi connectivity index (χ4v) is 3.47. The van der Waals surface area contributed by atoms with E-state index in [9.17, 15) is 18.4 Å². The van der Waals surface area contributed by atoms with Gasteiger partial charge in [-0.05, 0) is 36.9 Å². The third-order valence-electron chi connectivity index (χ3n) is 5.53. The SMILES string of the molecule is CN1CCN(C(=O)CNC(=O)c2cccnc2Oc2ccc(F)cc2F)CC1.COCc1ccccc1. The third kappa shape index (κ3) is 8.62. The van der Waals surface area contributed by atoms with Crippen LogP contribution in [0.15, 0.2) is 66.9 Å². The monoisotopic (exact) mass is 512 g/mol. The van der Waals surface area contributed by atoms with Crippen LogP contribution in [0, 0.1) is 11.6 Å². The van der Waals surface area contributed by atoms with Crippen LogP contribution in [0.1, 0.15) is 15.9 Å². The molecule has 37 heavy (non-hydrogen) atoms. The van der Waals surface area contributed by atoms with E-state index in [1.165, 1.54) is 23.9 Å². The molecule has 1 aromatic heterocycles. The number of amides is 2. The van der Waals surface area contributed by atoms with Crippen molar-refractivity contribution in [3.8, 4) is 11.6 Å². The minimum absolute atomic E-state index is 0.0393. The van der Waals surface area contributed by atoms with Crippen LogP contribution in [0.4, 0.5) is 8.78 Å². The molecule has 0 atom stereocenters. The minimum atomic E-state index is -0.915. The molecule has 0 saturated carbocycles. The van der Waals surface area contributed by atoms with E-state index in [-0.39, 0.29) is 29.6 Å². The summed E-state index contributed by atoms with van der Waals surface area (Å²) in [5.41, 5.74) is 1.26. The van der Waals surface area contributed by atoms with Crippen molar-refractivity contribution in [1.82, 2.24) is 20.1 Å². The summed E-state index contributed by atoms with van der Waals surface area (Å²) in [5, 5.41) is 2.54. The zero-order valence-corrected chi connectivity index (χ0v) is 20.8. The zero-order valence-electron chi connectivity index (χ0n) is 20.8. The van der Waals surface area contributed by atoms with Gasteiger partial charge in [0, 0.05) is 45.6 Å². The Morgan fingerprint density at radius 2 is 1.73 bits per heavy atom. The van der Waals surface area contributed by atoms with Crippen molar-refractivity contribution in [3.63, 3.8) is 0 Å². The quantitative estimate of drug-likeness (QED) is 0.522. The number of methoxy groups -OCH3 is 1. The van der Waals surface area contributed by atoms with Gasteiger partial charge in [-0.1, -0.05) is 30.3 Å². The molecule has 2 amide bonds. The summed E-state index contributed by atoms with van der Waals surface area (Å²) >= 11 is 0. The van der Waals surface area contributed by atoms with Crippen molar-refractivity contribution in [2.24, 2.45) is 0 Å². The average molecular weight is 513 g/mol. The van der Waals surface area contributed by atoms with E-state index in [1.807, 2.05) is 37.4 Å². The molecule has 0 unspecified atom stereocenters. The fraction of sp³-hybridized carbons (Fsp3) is 0.296. The van der Waals surface area contributed by atoms with Gasteiger partial charge in [-0.25, -0.2) is 13.8 Å². The highest BCUT2D eigenvalue weighted by Crippen LogP contribution is 2.26. The normalized spacial score (nSPS) is 13.4. The Bertz CT molecular complexity index is 1170. The highest BCUT2D eigenvalue weighted by atomic mass is 19.1. The molecular weight excluding hydrogens is 482 g/mol. The molecule has 2 heterocycles. The lowest BCUT2D eigenvalue weighted by Gasteiger charge is -2.32. The summed E-state index contributed by atoms with van der Waals surface area (Å²) in [6.07, 6.45) is 1.38. The van der Waals surface area contributed by atoms with Gasteiger partial charge in [0.2, 0.25) is 11.8 Å². The van der Waals surface area contributed by atoms with Crippen molar-refractivity contribution in [2.45, 2.75) is 6.61 Å². The lowest BCUT2D eigenvalue weighted by Crippen LogP contribution is -2.50. The van der Waals surface area contributed by atoms with Gasteiger partial charge >= 0.3 is 0 Å². The first-order valence-electron chi connectivity index (χ1n) is 11.7. The first kappa shape index (κ1) is 27.7. The summed E-state index contributed by atoms with van der Waals surface area (Å²) in [6.45, 7) is 3.32. The van der Waals surface area contributed by atoms with E-state index < -0.39 is 17.5 Å². The first-order valence-corrected chi connectivity index (χ1v) is 11.7. The molecule has 1 N–H and O–H groups in total. The van der Waals surface area contributed by atoms with Crippen molar-refractivity contribution in [1.29, 1.82) is 0 Å². The molecule has 0 aliphatic carbocycles. The van der Waals surface area contributed by atoms with Gasteiger partial charge < -0.3 is 24.6 Å². The molecule has 0 radical (unpaired) electrons. The van der Waals surface area contributed by atoms with Gasteiger partial charge in [0.05, 0.1) is 13.2 Å². The summed E-state index contributed by atoms with van der Waals surface area (Å²) in [4.78, 5) is 32.5. The second kappa shape index (κ2) is 14.0. The molecule has 0 bridgehead atoms. The zero-order chi connectivity index (χ0) is 26.6. The number of benzene rings is 2. The van der Waals surface area contributed by atoms with Crippen LogP contribution in [0.2, 0.25) is 0 Å². The van der Waals surface area contributed by atoms with E-state index >= 15 is 0 Å². The Balaban J connectivity index is 0.000000356. The molecule has 4 rings (SSSR count). The van der Waals surface area contributed by atoms with Crippen molar-refractivity contribution >= 4 is 11.8 Å². The van der Waals surface area contributed by atoms with Crippen LogP contribution in [0.25, 0.3) is 0 Å². The van der Waals surface area contributed by atoms with Gasteiger partial charge in [-0.15, -0.1) is 0 Å². The largest absolute Gasteiger partial charge is 0.435 e. The number of likely N-dealkylation sites (N-methyl/N-ethyl adjacent to an activating group) is 1. The smallest absolute Gasteiger partial charge is 0.257 e. The number of carbonyl (C=O) groups excluding carboxylic acids is 2. The van der Waals surface area contributed by atoms with Crippen LogP contribution in [0.5, 0.6) is 11.6 Å². The Morgan fingerprint density at radius 1 is 1.00 bits per heavy atom. The fourth-order valence-electron chi connectivity index (χ4n) is 3.47. The Morgan fingerprint density at radius 3 is 2.41 bits per heavy atom. The van der Waals surface area contributed by atoms with Gasteiger partial charge in [-0.3, -0.25) is 9.59 Å². The van der Waals surface area contributed by atoms with E-state index in [2.05, 4.69) is 15.2 Å². The second-order valence-corrected chi connectivity index (χ2v) is 8.32. The van der Waals surface area contributed by atoms with Gasteiger partial charge in [0.25, 0.3) is 5.91 Å². The van der Waals surface area contributed by atoms with Crippen LogP contribution >= 0.6 is 0 Å². The van der Waals surface area contributed by atoms with Crippen molar-refractivity contribution < 1.29 is 27.8 Å². The molecule has 8 nitrogen and oxygen atoms in total. The lowest BCUT2D eigenvalue weighted by atomic mass is 10.2. The van der Waals surface area contributed by atoms with Crippen molar-refractivity contribution in [2.75, 3.05) is 46.9 Å². The van der Waals surface area contributed by atoms with Gasteiger partial charge in [-0.2, -0.15) is 0 Å². The number of hydrogen-bond acceptors (Lipinski definition) is 6. The molecular formula is C27H30F2N4O4. The Hall–Kier alpha value is -3.89. The number of pyridine rings is 1. The number of ether oxygens (including phenoxy) is 2. The highest BCUT2D eigenvalue weighted by Gasteiger charge is 2.21. The molecule has 3 aromatic rings. The van der Waals surface area contributed by atoms with E-state index in [0.29, 0.717) is 25.8 Å². The number of nitrogens with zero attached hydrogens (tertiary/aromatic N) is 3. The molecule has 1 aliphatic rings. The van der Waals surface area contributed by atoms with E-state index in [1.54, 1.807) is 12.0 Å². The summed E-state index contributed by atoms with van der Waals surface area (Å²) < 4.78 is 37.1. The first-order chi connectivity index (χ1) is 17.9. The topological polar surface area (TPSA) is 84.0 Å². The average Bonchev–Trinajstić information content (AvgIpc) is 2.90. The third-order valence-corrected chi connectivity index (χ3v) is 5.53. The predicted molar refractivity (Wildman–Crippen MR) is 134 cm³/mol. The van der Waals surface area contributed by atoms with E-state index in [0.717, 1.165) is 25.2 Å². The maximum Gasteiger partial charge on any atom is 0.257 e. The number of carbonyl (C=O) groups is 2. The standard InChI is InChI=1S/C19H20F2N4O3.C8H10O/c1-24-7-9-25(10-8-24)17(26)12-23-18(27)14-3-2-6-22-19(14)28-16-5-4-13(20)11-15(16)21;1-9-7-8-5-3-2-4-6-8/h2-6,11H,7-10,12H2,1H3,(H,23,27);2-6H,7H2,1H3. The molecule has 196 valence electrons. The molecule has 10 heteroatoms. The molecule has 1 fully saturated rings. The molecule has 1 aliphatic heterocycles. The molecule has 2 aromatic carbocycles. The minimum Gasteiger partial charge on any atom is -0.435 e. The number of aromatic nitrogens is 1. The summed E-state index contributed by atoms with van der Waals surface area (Å²) in [5.74, 6) is -2.82. The maximum atomic E-state index is 13.8. The maximum absolute atomic E-state index is 13.8. The van der Waals surface area contributed by atoms with Crippen LogP contribution < -0.4 is 10.1 Å². The summed E-state index contributed by atoms with van der Waals surface area (Å²) in [7, 11) is 3.68. The Labute approximate surface area is 214 Å². The van der Waals surface area contributed by atoms with Crippen molar-refractivity contribution in [3.05, 3.63) is 89.6 Å². The van der Waals surface area contributed by atoms with E-state index in [4.69, 9.17) is 9.47 Å². The number of hydrogen-bond donors (Lipinski definition) is 1. The number of halogens is 2. The van der Waals surface area contributed by atoms with Crippen LogP contribution in [0.3, 0.4) is 0 Å². The molecule has 0 spiro atoms. The van der Waals surface area contributed by atoms with Gasteiger partial charge in [0.1, 0.15) is 11.4 Å². The van der Waals surface area contributed by atoms with Crippen LogP contribution in [-0.2, 0) is 16.1 Å². The predicted octanol–water partition coefficient (Wildman–Crippen LogP) is 3.49. The van der Waals surface area contributed by atoms with Crippen LogP contribution in [-0.4, -0.2) is 73.5 Å². The highest BCUT2D eigenvalue weighted by molar-refractivity contribution is 5.98. The number of nitrogens with one attached hydrogen (secondary N) is 1. The van der Waals surface area contributed by atoms with Gasteiger partial charge in [0.15, 0.2) is 11.6 Å². The lowest BCUT2D eigenvalue weighted by molar-refractivity contribution is -0.131. The Kier molecular flexibility index (Phi) is 10.5.